The minimum absolute atomic E-state index is 1.27. The highest BCUT2D eigenvalue weighted by Gasteiger charge is 1.72. The van der Waals surface area contributed by atoms with Crippen molar-refractivity contribution in [3.8, 4) is 0 Å². The van der Waals surface area contributed by atoms with Crippen LogP contribution in [0, 0.1) is 18.4 Å². The number of rotatable bonds is 0. The van der Waals surface area contributed by atoms with Crippen molar-refractivity contribution >= 4 is 11.3 Å². The number of hydrogen-bond donors (Lipinski definition) is 0. The summed E-state index contributed by atoms with van der Waals surface area (Å²) in [4.78, 5) is 1.27. The highest BCUT2D eigenvalue weighted by atomic mass is 32.1. The number of hydrogen-bond acceptors (Lipinski definition) is 1. The van der Waals surface area contributed by atoms with Gasteiger partial charge in [0.1, 0.15) is 0 Å². The molecule has 0 amide bonds. The van der Waals surface area contributed by atoms with Crippen LogP contribution in [0.25, 0.3) is 0 Å². The van der Waals surface area contributed by atoms with Gasteiger partial charge >= 0.3 is 0 Å². The Morgan fingerprint density at radius 3 is 2.83 bits per heavy atom. The molecule has 0 saturated heterocycles. The fraction of sp³-hybridized carbons (Fsp3) is 0.200. The predicted molar refractivity (Wildman–Crippen MR) is 26.7 cm³/mol. The predicted octanol–water partition coefficient (Wildman–Crippen LogP) is 1.66. The third kappa shape index (κ3) is 0.526. The van der Waals surface area contributed by atoms with Crippen LogP contribution < -0.4 is 0 Å². The topological polar surface area (TPSA) is 0 Å². The van der Waals surface area contributed by atoms with Crippen LogP contribution in [-0.2, 0) is 0 Å². The Morgan fingerprint density at radius 1 is 1.83 bits per heavy atom. The molecular weight excluding hydrogens is 92.1 g/mol. The third-order valence-corrected chi connectivity index (χ3v) is 1.21. The molecule has 0 spiro atoms. The van der Waals surface area contributed by atoms with Crippen LogP contribution in [0.2, 0.25) is 0 Å². The van der Waals surface area contributed by atoms with Crippen LogP contribution in [0.1, 0.15) is 4.88 Å². The van der Waals surface area contributed by atoms with Gasteiger partial charge in [-0.3, -0.25) is 0 Å². The average molecular weight is 96.2 g/mol. The largest absolute Gasteiger partial charge is 0.0886 e. The molecular formula is C5H4S. The summed E-state index contributed by atoms with van der Waals surface area (Å²) < 4.78 is 0. The molecule has 1 rings (SSSR count). The van der Waals surface area contributed by atoms with Crippen molar-refractivity contribution in [2.45, 2.75) is 6.92 Å². The van der Waals surface area contributed by atoms with Crippen LogP contribution in [0.4, 0.5) is 0 Å². The van der Waals surface area contributed by atoms with E-state index in [1.54, 1.807) is 11.3 Å². The number of aryl methyl sites for hydroxylation is 1. The van der Waals surface area contributed by atoms with Crippen molar-refractivity contribution in [3.63, 3.8) is 0 Å². The van der Waals surface area contributed by atoms with Crippen LogP contribution in [0.5, 0.6) is 0 Å². The molecule has 0 fully saturated rings. The lowest BCUT2D eigenvalue weighted by Crippen LogP contribution is -1.43. The normalized spacial score (nSPS) is 7.50. The summed E-state index contributed by atoms with van der Waals surface area (Å²) >= 11 is 1.60. The van der Waals surface area contributed by atoms with Gasteiger partial charge in [0, 0.05) is 10.9 Å². The van der Waals surface area contributed by atoms with E-state index in [1.165, 1.54) is 4.88 Å². The van der Waals surface area contributed by atoms with E-state index in [-0.39, 0.29) is 0 Å². The third-order valence-electron chi connectivity index (χ3n) is 0.546. The van der Waals surface area contributed by atoms with E-state index in [2.05, 4.69) is 11.4 Å². The minimum Gasteiger partial charge on any atom is -0.0886 e. The average Bonchev–Trinajstić information content (AvgIpc) is 1.86. The van der Waals surface area contributed by atoms with Crippen molar-refractivity contribution < 1.29 is 0 Å². The molecule has 0 aliphatic rings. The van der Waals surface area contributed by atoms with Gasteiger partial charge in [-0.2, -0.15) is 0 Å². The van der Waals surface area contributed by atoms with Crippen molar-refractivity contribution in [1.82, 2.24) is 0 Å². The standard InChI is InChI=1S/C5H4S/c1-5-3-2-4-6-5/h3H,1H3. The van der Waals surface area contributed by atoms with Crippen molar-refractivity contribution in [2.24, 2.45) is 0 Å². The molecule has 0 saturated carbocycles. The fourth-order valence-electron chi connectivity index (χ4n) is 0.271. The van der Waals surface area contributed by atoms with E-state index in [4.69, 9.17) is 0 Å². The van der Waals surface area contributed by atoms with Crippen molar-refractivity contribution in [3.05, 3.63) is 22.4 Å². The first-order chi connectivity index (χ1) is 2.89. The summed E-state index contributed by atoms with van der Waals surface area (Å²) in [5.74, 6) is 0. The maximum atomic E-state index is 2.85. The molecule has 1 heterocycles. The van der Waals surface area contributed by atoms with Crippen molar-refractivity contribution in [1.29, 1.82) is 0 Å². The maximum Gasteiger partial charge on any atom is 0.0188 e. The summed E-state index contributed by atoms with van der Waals surface area (Å²) in [6.45, 7) is 2.04. The van der Waals surface area contributed by atoms with Gasteiger partial charge in [0.05, 0.1) is 0 Å². The summed E-state index contributed by atoms with van der Waals surface area (Å²) in [5, 5.41) is 2.85. The fourth-order valence-corrected chi connectivity index (χ4v) is 0.667. The Hall–Kier alpha value is -0.480. The molecule has 0 atom stereocenters. The van der Waals surface area contributed by atoms with Crippen LogP contribution in [-0.4, -0.2) is 0 Å². The summed E-state index contributed by atoms with van der Waals surface area (Å²) in [6.07, 6.45) is 0. The highest BCUT2D eigenvalue weighted by Crippen LogP contribution is 1.97. The molecule has 6 heavy (non-hydrogen) atoms. The van der Waals surface area contributed by atoms with E-state index >= 15 is 0 Å². The Balaban J connectivity index is 3.05. The van der Waals surface area contributed by atoms with Gasteiger partial charge in [0.25, 0.3) is 0 Å². The van der Waals surface area contributed by atoms with Crippen LogP contribution in [0.15, 0.2) is 6.07 Å². The molecule has 0 aliphatic carbocycles. The summed E-state index contributed by atoms with van der Waals surface area (Å²) in [6, 6.07) is 4.74. The van der Waals surface area contributed by atoms with Gasteiger partial charge in [-0.1, -0.05) is 17.4 Å². The SMILES string of the molecule is Cc1cc#cs1. The van der Waals surface area contributed by atoms with Gasteiger partial charge < -0.3 is 0 Å². The molecule has 0 nitrogen and oxygen atoms in total. The zero-order valence-electron chi connectivity index (χ0n) is 3.49. The second-order valence-electron chi connectivity index (χ2n) is 1.10. The molecule has 0 N–H and O–H groups in total. The minimum atomic E-state index is 1.27. The van der Waals surface area contributed by atoms with E-state index in [9.17, 15) is 0 Å². The molecule has 1 aromatic heterocycles. The first-order valence-electron chi connectivity index (χ1n) is 1.74. The smallest absolute Gasteiger partial charge is 0.0188 e. The van der Waals surface area contributed by atoms with E-state index in [1.807, 2.05) is 13.0 Å². The van der Waals surface area contributed by atoms with E-state index in [0.717, 1.165) is 0 Å². The zero-order valence-corrected chi connectivity index (χ0v) is 4.30. The maximum absolute atomic E-state index is 2.85. The zero-order chi connectivity index (χ0) is 4.41. The monoisotopic (exact) mass is 96.0 g/mol. The molecule has 1 aromatic rings. The lowest BCUT2D eigenvalue weighted by atomic mass is 10.6. The van der Waals surface area contributed by atoms with Gasteiger partial charge in [0.2, 0.25) is 0 Å². The summed E-state index contributed by atoms with van der Waals surface area (Å²) in [5.41, 5.74) is 0. The van der Waals surface area contributed by atoms with Gasteiger partial charge in [0.15, 0.2) is 0 Å². The molecule has 0 aliphatic heterocycles. The van der Waals surface area contributed by atoms with Crippen LogP contribution in [0.3, 0.4) is 0 Å². The Bertz CT molecular complexity index is 107. The molecule has 0 radical (unpaired) electrons. The first kappa shape index (κ1) is 3.70. The first-order valence-corrected chi connectivity index (χ1v) is 2.55. The molecule has 0 aromatic carbocycles. The second-order valence-corrected chi connectivity index (χ2v) is 2.16. The van der Waals surface area contributed by atoms with Gasteiger partial charge in [-0.15, -0.1) is 0 Å². The molecule has 0 unspecified atom stereocenters. The summed E-state index contributed by atoms with van der Waals surface area (Å²) in [7, 11) is 0. The van der Waals surface area contributed by atoms with E-state index in [0.29, 0.717) is 0 Å². The molecule has 0 bridgehead atoms. The lowest BCUT2D eigenvalue weighted by molar-refractivity contribution is 1.64. The Kier molecular flexibility index (Phi) is 0.813. The highest BCUT2D eigenvalue weighted by molar-refractivity contribution is 7.08. The quantitative estimate of drug-likeness (QED) is 0.460. The van der Waals surface area contributed by atoms with Crippen molar-refractivity contribution in [2.75, 3.05) is 0 Å². The Morgan fingerprint density at radius 2 is 2.67 bits per heavy atom. The second kappa shape index (κ2) is 1.32. The van der Waals surface area contributed by atoms with E-state index < -0.39 is 0 Å². The molecule has 30 valence electrons. The lowest BCUT2D eigenvalue weighted by Gasteiger charge is -1.64. The van der Waals surface area contributed by atoms with Gasteiger partial charge in [-0.25, -0.2) is 0 Å². The van der Waals surface area contributed by atoms with Gasteiger partial charge in [-0.05, 0) is 12.3 Å². The van der Waals surface area contributed by atoms with Crippen LogP contribution >= 0.6 is 11.3 Å². The Labute approximate surface area is 41.4 Å². The molecule has 1 heteroatoms.